The van der Waals surface area contributed by atoms with E-state index in [9.17, 15) is 4.79 Å². The van der Waals surface area contributed by atoms with Crippen LogP contribution in [0.4, 0.5) is 0 Å². The van der Waals surface area contributed by atoms with Crippen molar-refractivity contribution in [2.75, 3.05) is 0 Å². The third kappa shape index (κ3) is 3.29. The number of hydrazone groups is 1. The van der Waals surface area contributed by atoms with Crippen LogP contribution in [0, 0.1) is 0 Å². The first kappa shape index (κ1) is 11.6. The fraction of sp³-hybridized carbons (Fsp3) is 0. The number of nitrogens with one attached hydrogen (secondary N) is 2. The average molecular weight is 292 g/mol. The van der Waals surface area contributed by atoms with Gasteiger partial charge < -0.3 is 4.98 Å². The van der Waals surface area contributed by atoms with Crippen molar-refractivity contribution in [3.05, 3.63) is 58.3 Å². The summed E-state index contributed by atoms with van der Waals surface area (Å²) in [5, 5.41) is 3.85. The maximum absolute atomic E-state index is 11.6. The first-order valence-electron chi connectivity index (χ1n) is 4.98. The van der Waals surface area contributed by atoms with Gasteiger partial charge in [-0.15, -0.1) is 0 Å². The third-order valence-corrected chi connectivity index (χ3v) is 2.63. The predicted octanol–water partition coefficient (Wildman–Crippen LogP) is 2.54. The normalized spacial score (nSPS) is 10.6. The Morgan fingerprint density at radius 1 is 1.29 bits per heavy atom. The Labute approximate surface area is 107 Å². The lowest BCUT2D eigenvalue weighted by atomic mass is 10.2. The second-order valence-corrected chi connectivity index (χ2v) is 4.25. The molecule has 0 saturated carbocycles. The molecule has 1 amide bonds. The van der Waals surface area contributed by atoms with Crippen LogP contribution in [-0.2, 0) is 0 Å². The van der Waals surface area contributed by atoms with E-state index in [2.05, 4.69) is 31.4 Å². The van der Waals surface area contributed by atoms with Crippen molar-refractivity contribution in [2.24, 2.45) is 5.10 Å². The number of rotatable bonds is 3. The molecule has 1 heterocycles. The van der Waals surface area contributed by atoms with Crippen LogP contribution in [0.25, 0.3) is 0 Å². The van der Waals surface area contributed by atoms with Gasteiger partial charge in [-0.2, -0.15) is 5.10 Å². The molecule has 0 bridgehead atoms. The number of hydrogen-bond donors (Lipinski definition) is 2. The van der Waals surface area contributed by atoms with Crippen molar-refractivity contribution in [2.45, 2.75) is 0 Å². The van der Waals surface area contributed by atoms with Gasteiger partial charge in [0.2, 0.25) is 0 Å². The van der Waals surface area contributed by atoms with Crippen LogP contribution in [-0.4, -0.2) is 17.1 Å². The first-order valence-corrected chi connectivity index (χ1v) is 5.77. The molecule has 0 radical (unpaired) electrons. The summed E-state index contributed by atoms with van der Waals surface area (Å²) in [6.07, 6.45) is 3.34. The highest BCUT2D eigenvalue weighted by molar-refractivity contribution is 9.10. The van der Waals surface area contributed by atoms with E-state index in [1.807, 2.05) is 24.3 Å². The zero-order valence-corrected chi connectivity index (χ0v) is 10.4. The van der Waals surface area contributed by atoms with Gasteiger partial charge in [0.15, 0.2) is 0 Å². The average Bonchev–Trinajstić information content (AvgIpc) is 2.83. The minimum atomic E-state index is -0.236. The molecule has 1 aromatic carbocycles. The summed E-state index contributed by atoms with van der Waals surface area (Å²) in [5.41, 5.74) is 3.85. The zero-order chi connectivity index (χ0) is 12.1. The van der Waals surface area contributed by atoms with E-state index in [-0.39, 0.29) is 5.91 Å². The standard InChI is InChI=1S/C12H10BrN3O/c13-10-5-3-9(4-6-10)12(17)16-15-8-11-2-1-7-14-11/h1-8,14H,(H,16,17). The number of hydrogen-bond acceptors (Lipinski definition) is 2. The van der Waals surface area contributed by atoms with Crippen LogP contribution in [0.5, 0.6) is 0 Å². The SMILES string of the molecule is O=C(NN=Cc1ccc[nH]1)c1ccc(Br)cc1. The molecule has 17 heavy (non-hydrogen) atoms. The lowest BCUT2D eigenvalue weighted by Crippen LogP contribution is -2.17. The van der Waals surface area contributed by atoms with Crippen LogP contribution >= 0.6 is 15.9 Å². The monoisotopic (exact) mass is 291 g/mol. The molecule has 0 atom stereocenters. The topological polar surface area (TPSA) is 57.2 Å². The molecule has 0 spiro atoms. The van der Waals surface area contributed by atoms with Gasteiger partial charge in [0, 0.05) is 16.2 Å². The van der Waals surface area contributed by atoms with Gasteiger partial charge in [-0.1, -0.05) is 15.9 Å². The molecule has 2 N–H and O–H groups in total. The lowest BCUT2D eigenvalue weighted by Gasteiger charge is -1.99. The van der Waals surface area contributed by atoms with Crippen molar-refractivity contribution in [1.29, 1.82) is 0 Å². The van der Waals surface area contributed by atoms with Crippen LogP contribution in [0.2, 0.25) is 0 Å². The zero-order valence-electron chi connectivity index (χ0n) is 8.85. The number of aromatic amines is 1. The van der Waals surface area contributed by atoms with Gasteiger partial charge in [0.25, 0.3) is 5.91 Å². The van der Waals surface area contributed by atoms with E-state index in [0.29, 0.717) is 5.56 Å². The quantitative estimate of drug-likeness (QED) is 0.663. The first-order chi connectivity index (χ1) is 8.25. The van der Waals surface area contributed by atoms with Gasteiger partial charge in [0.05, 0.1) is 11.9 Å². The van der Waals surface area contributed by atoms with Crippen molar-refractivity contribution < 1.29 is 4.79 Å². The number of benzene rings is 1. The van der Waals surface area contributed by atoms with Gasteiger partial charge in [0.1, 0.15) is 0 Å². The Kier molecular flexibility index (Phi) is 3.72. The number of halogens is 1. The molecular weight excluding hydrogens is 282 g/mol. The minimum Gasteiger partial charge on any atom is -0.360 e. The number of amides is 1. The number of carbonyl (C=O) groups is 1. The Balaban J connectivity index is 1.96. The van der Waals surface area contributed by atoms with E-state index in [1.54, 1.807) is 24.5 Å². The van der Waals surface area contributed by atoms with Crippen LogP contribution in [0.1, 0.15) is 16.1 Å². The molecule has 0 aliphatic heterocycles. The molecule has 86 valence electrons. The van der Waals surface area contributed by atoms with Crippen molar-refractivity contribution in [3.8, 4) is 0 Å². The fourth-order valence-corrected chi connectivity index (χ4v) is 1.52. The Bertz CT molecular complexity index is 517. The van der Waals surface area contributed by atoms with E-state index >= 15 is 0 Å². The molecule has 2 aromatic rings. The highest BCUT2D eigenvalue weighted by atomic mass is 79.9. The van der Waals surface area contributed by atoms with Gasteiger partial charge in [-0.25, -0.2) is 5.43 Å². The van der Waals surface area contributed by atoms with Crippen LogP contribution < -0.4 is 5.43 Å². The molecule has 0 aliphatic carbocycles. The molecule has 0 fully saturated rings. The Morgan fingerprint density at radius 3 is 2.71 bits per heavy atom. The molecule has 4 nitrogen and oxygen atoms in total. The maximum Gasteiger partial charge on any atom is 0.271 e. The second-order valence-electron chi connectivity index (χ2n) is 3.33. The van der Waals surface area contributed by atoms with Crippen molar-refractivity contribution >= 4 is 28.1 Å². The smallest absolute Gasteiger partial charge is 0.271 e. The fourth-order valence-electron chi connectivity index (χ4n) is 1.25. The summed E-state index contributed by atoms with van der Waals surface area (Å²) in [5.74, 6) is -0.236. The molecule has 2 rings (SSSR count). The third-order valence-electron chi connectivity index (χ3n) is 2.10. The Hall–Kier alpha value is -1.88. The molecule has 5 heteroatoms. The number of aromatic nitrogens is 1. The van der Waals surface area contributed by atoms with E-state index in [4.69, 9.17) is 0 Å². The summed E-state index contributed by atoms with van der Waals surface area (Å²) in [6, 6.07) is 10.8. The summed E-state index contributed by atoms with van der Waals surface area (Å²) < 4.78 is 0.934. The van der Waals surface area contributed by atoms with E-state index in [0.717, 1.165) is 10.2 Å². The molecule has 1 aromatic heterocycles. The van der Waals surface area contributed by atoms with Gasteiger partial charge in [-0.05, 0) is 36.4 Å². The number of H-pyrrole nitrogens is 1. The maximum atomic E-state index is 11.6. The number of carbonyl (C=O) groups excluding carboxylic acids is 1. The van der Waals surface area contributed by atoms with Crippen molar-refractivity contribution in [3.63, 3.8) is 0 Å². The highest BCUT2D eigenvalue weighted by Crippen LogP contribution is 2.10. The van der Waals surface area contributed by atoms with Crippen LogP contribution in [0.15, 0.2) is 52.2 Å². The van der Waals surface area contributed by atoms with Crippen LogP contribution in [0.3, 0.4) is 0 Å². The summed E-state index contributed by atoms with van der Waals surface area (Å²) in [4.78, 5) is 14.6. The van der Waals surface area contributed by atoms with E-state index in [1.165, 1.54) is 0 Å². The predicted molar refractivity (Wildman–Crippen MR) is 70.0 cm³/mol. The van der Waals surface area contributed by atoms with Crippen molar-refractivity contribution in [1.82, 2.24) is 10.4 Å². The Morgan fingerprint density at radius 2 is 2.06 bits per heavy atom. The highest BCUT2D eigenvalue weighted by Gasteiger charge is 2.02. The summed E-state index contributed by atoms with van der Waals surface area (Å²) >= 11 is 3.31. The summed E-state index contributed by atoms with van der Waals surface area (Å²) in [6.45, 7) is 0. The molecular formula is C12H10BrN3O. The minimum absolute atomic E-state index is 0.236. The van der Waals surface area contributed by atoms with Gasteiger partial charge in [-0.3, -0.25) is 4.79 Å². The second kappa shape index (κ2) is 5.45. The van der Waals surface area contributed by atoms with E-state index < -0.39 is 0 Å². The molecule has 0 unspecified atom stereocenters. The molecule has 0 saturated heterocycles. The lowest BCUT2D eigenvalue weighted by molar-refractivity contribution is 0.0955. The van der Waals surface area contributed by atoms with Gasteiger partial charge >= 0.3 is 0 Å². The number of nitrogens with zero attached hydrogens (tertiary/aromatic N) is 1. The molecule has 0 aliphatic rings. The largest absolute Gasteiger partial charge is 0.360 e. The summed E-state index contributed by atoms with van der Waals surface area (Å²) in [7, 11) is 0.